The highest BCUT2D eigenvalue weighted by molar-refractivity contribution is 4.98. The van der Waals surface area contributed by atoms with Crippen molar-refractivity contribution in [3.05, 3.63) is 25.3 Å². The molecule has 0 aromatic heterocycles. The molecule has 1 rings (SSSR count). The summed E-state index contributed by atoms with van der Waals surface area (Å²) in [5.74, 6) is 0.498. The maximum Gasteiger partial charge on any atom is 0.0680 e. The fraction of sp³-hybridized carbons (Fsp3) is 0.636. The van der Waals surface area contributed by atoms with Crippen molar-refractivity contribution in [2.75, 3.05) is 0 Å². The average Bonchev–Trinajstić information content (AvgIpc) is 2.26. The van der Waals surface area contributed by atoms with Crippen LogP contribution in [-0.2, 0) is 4.74 Å². The summed E-state index contributed by atoms with van der Waals surface area (Å²) in [6.45, 7) is 11.8. The molecule has 1 aliphatic heterocycles. The van der Waals surface area contributed by atoms with Crippen LogP contribution < -0.4 is 0 Å². The Morgan fingerprint density at radius 2 is 2.17 bits per heavy atom. The maximum absolute atomic E-state index is 5.85. The molecular weight excluding hydrogens is 148 g/mol. The molecule has 0 bridgehead atoms. The van der Waals surface area contributed by atoms with E-state index in [-0.39, 0.29) is 5.60 Å². The van der Waals surface area contributed by atoms with Gasteiger partial charge in [0.15, 0.2) is 0 Å². The van der Waals surface area contributed by atoms with Crippen molar-refractivity contribution >= 4 is 0 Å². The van der Waals surface area contributed by atoms with Crippen LogP contribution in [-0.4, -0.2) is 11.7 Å². The highest BCUT2D eigenvalue weighted by Gasteiger charge is 2.37. The van der Waals surface area contributed by atoms with E-state index in [1.807, 2.05) is 12.2 Å². The van der Waals surface area contributed by atoms with Gasteiger partial charge in [0.05, 0.1) is 11.7 Å². The zero-order chi connectivity index (χ0) is 9.19. The van der Waals surface area contributed by atoms with Crippen molar-refractivity contribution in [2.45, 2.75) is 38.4 Å². The van der Waals surface area contributed by atoms with E-state index in [1.165, 1.54) is 0 Å². The van der Waals surface area contributed by atoms with E-state index in [2.05, 4.69) is 27.0 Å². The van der Waals surface area contributed by atoms with Gasteiger partial charge < -0.3 is 4.74 Å². The van der Waals surface area contributed by atoms with Crippen molar-refractivity contribution in [1.29, 1.82) is 0 Å². The molecule has 68 valence electrons. The van der Waals surface area contributed by atoms with Crippen LogP contribution in [0.3, 0.4) is 0 Å². The summed E-state index contributed by atoms with van der Waals surface area (Å²) in [6, 6.07) is 0. The third-order valence-electron chi connectivity index (χ3n) is 2.38. The van der Waals surface area contributed by atoms with Crippen molar-refractivity contribution < 1.29 is 4.74 Å². The summed E-state index contributed by atoms with van der Waals surface area (Å²) >= 11 is 0. The highest BCUT2D eigenvalue weighted by Crippen LogP contribution is 2.36. The van der Waals surface area contributed by atoms with Gasteiger partial charge in [-0.1, -0.05) is 12.2 Å². The first-order chi connectivity index (χ1) is 5.59. The minimum absolute atomic E-state index is 0.0204. The normalized spacial score (nSPS) is 33.2. The number of ether oxygens (including phenoxy) is 1. The Labute approximate surface area is 75.1 Å². The van der Waals surface area contributed by atoms with Crippen LogP contribution in [0.25, 0.3) is 0 Å². The maximum atomic E-state index is 5.85. The quantitative estimate of drug-likeness (QED) is 0.586. The molecule has 1 heteroatoms. The van der Waals surface area contributed by atoms with E-state index in [9.17, 15) is 0 Å². The molecule has 0 aromatic carbocycles. The molecule has 1 fully saturated rings. The molecule has 1 saturated heterocycles. The van der Waals surface area contributed by atoms with Crippen LogP contribution in [0.5, 0.6) is 0 Å². The first-order valence-electron chi connectivity index (χ1n) is 4.50. The lowest BCUT2D eigenvalue weighted by molar-refractivity contribution is -0.0167. The minimum Gasteiger partial charge on any atom is -0.371 e. The molecule has 1 nitrogen and oxygen atoms in total. The first kappa shape index (κ1) is 9.53. The predicted molar refractivity (Wildman–Crippen MR) is 52.1 cm³/mol. The zero-order valence-corrected chi connectivity index (χ0v) is 8.05. The summed E-state index contributed by atoms with van der Waals surface area (Å²) < 4.78 is 5.85. The van der Waals surface area contributed by atoms with Gasteiger partial charge in [0.1, 0.15) is 0 Å². The molecule has 2 atom stereocenters. The van der Waals surface area contributed by atoms with Crippen LogP contribution >= 0.6 is 0 Å². The predicted octanol–water partition coefficient (Wildman–Crippen LogP) is 2.93. The van der Waals surface area contributed by atoms with Crippen LogP contribution in [0.2, 0.25) is 0 Å². The zero-order valence-electron chi connectivity index (χ0n) is 8.05. The lowest BCUT2D eigenvalue weighted by atomic mass is 9.93. The first-order valence-corrected chi connectivity index (χ1v) is 4.50. The molecule has 0 N–H and O–H groups in total. The fourth-order valence-electron chi connectivity index (χ4n) is 1.87. The van der Waals surface area contributed by atoms with Crippen molar-refractivity contribution in [3.63, 3.8) is 0 Å². The van der Waals surface area contributed by atoms with Gasteiger partial charge >= 0.3 is 0 Å². The van der Waals surface area contributed by atoms with Crippen molar-refractivity contribution in [3.8, 4) is 0 Å². The van der Waals surface area contributed by atoms with E-state index < -0.39 is 0 Å². The molecule has 12 heavy (non-hydrogen) atoms. The molecule has 0 spiro atoms. The highest BCUT2D eigenvalue weighted by atomic mass is 16.5. The van der Waals surface area contributed by atoms with Gasteiger partial charge in [0, 0.05) is 5.92 Å². The smallest absolute Gasteiger partial charge is 0.0680 e. The van der Waals surface area contributed by atoms with E-state index in [1.54, 1.807) is 0 Å². The van der Waals surface area contributed by atoms with Gasteiger partial charge in [-0.05, 0) is 26.7 Å². The largest absolute Gasteiger partial charge is 0.371 e. The third-order valence-corrected chi connectivity index (χ3v) is 2.38. The second kappa shape index (κ2) is 3.44. The van der Waals surface area contributed by atoms with E-state index >= 15 is 0 Å². The number of hydrogen-bond donors (Lipinski definition) is 0. The van der Waals surface area contributed by atoms with Gasteiger partial charge in [-0.2, -0.15) is 0 Å². The lowest BCUT2D eigenvalue weighted by Gasteiger charge is -2.18. The fourth-order valence-corrected chi connectivity index (χ4v) is 1.87. The molecule has 0 aliphatic carbocycles. The molecule has 0 radical (unpaired) electrons. The van der Waals surface area contributed by atoms with E-state index in [4.69, 9.17) is 4.74 Å². The van der Waals surface area contributed by atoms with Crippen molar-refractivity contribution in [2.24, 2.45) is 5.92 Å². The van der Waals surface area contributed by atoms with Gasteiger partial charge in [-0.25, -0.2) is 0 Å². The van der Waals surface area contributed by atoms with E-state index in [0.29, 0.717) is 12.0 Å². The van der Waals surface area contributed by atoms with Crippen LogP contribution in [0, 0.1) is 5.92 Å². The summed E-state index contributed by atoms with van der Waals surface area (Å²) in [5.41, 5.74) is 0.0204. The third kappa shape index (κ3) is 1.98. The standard InChI is InChI=1S/C11H18O/c1-5-7-10-9(6-2)8-11(3,4)12-10/h5-6,9-10H,1-2,7-8H2,3-4H3/t9-,10?/m1/s1. The Bertz CT molecular complexity index is 181. The number of hydrogen-bond acceptors (Lipinski definition) is 1. The second-order valence-electron chi connectivity index (χ2n) is 4.04. The van der Waals surface area contributed by atoms with E-state index in [0.717, 1.165) is 12.8 Å². The van der Waals surface area contributed by atoms with Crippen molar-refractivity contribution in [1.82, 2.24) is 0 Å². The monoisotopic (exact) mass is 166 g/mol. The Morgan fingerprint density at radius 3 is 2.67 bits per heavy atom. The molecule has 0 aromatic rings. The average molecular weight is 166 g/mol. The molecule has 1 heterocycles. The van der Waals surface area contributed by atoms with Crippen LogP contribution in [0.4, 0.5) is 0 Å². The second-order valence-corrected chi connectivity index (χ2v) is 4.04. The Hall–Kier alpha value is -0.560. The molecule has 1 aliphatic rings. The summed E-state index contributed by atoms with van der Waals surface area (Å²) in [4.78, 5) is 0. The summed E-state index contributed by atoms with van der Waals surface area (Å²) in [7, 11) is 0. The summed E-state index contributed by atoms with van der Waals surface area (Å²) in [5, 5.41) is 0. The van der Waals surface area contributed by atoms with Gasteiger partial charge in [0.25, 0.3) is 0 Å². The molecular formula is C11H18O. The Morgan fingerprint density at radius 1 is 1.50 bits per heavy atom. The molecule has 0 amide bonds. The summed E-state index contributed by atoms with van der Waals surface area (Å²) in [6.07, 6.45) is 6.23. The minimum atomic E-state index is 0.0204. The van der Waals surface area contributed by atoms with Crippen LogP contribution in [0.15, 0.2) is 25.3 Å². The van der Waals surface area contributed by atoms with Gasteiger partial charge in [0.2, 0.25) is 0 Å². The lowest BCUT2D eigenvalue weighted by Crippen LogP contribution is -2.19. The SMILES string of the molecule is C=CCC1OC(C)(C)C[C@H]1C=C. The number of rotatable bonds is 3. The van der Waals surface area contributed by atoms with Gasteiger partial charge in [-0.3, -0.25) is 0 Å². The van der Waals surface area contributed by atoms with Crippen LogP contribution in [0.1, 0.15) is 26.7 Å². The molecule has 0 saturated carbocycles. The Balaban J connectivity index is 2.62. The van der Waals surface area contributed by atoms with Gasteiger partial charge in [-0.15, -0.1) is 13.2 Å². The molecule has 1 unspecified atom stereocenters. The topological polar surface area (TPSA) is 9.23 Å². The Kier molecular flexibility index (Phi) is 2.73.